The van der Waals surface area contributed by atoms with Gasteiger partial charge in [-0.25, -0.2) is 14.8 Å². The van der Waals surface area contributed by atoms with Crippen molar-refractivity contribution in [2.75, 3.05) is 12.4 Å². The van der Waals surface area contributed by atoms with Crippen LogP contribution < -0.4 is 10.1 Å². The van der Waals surface area contributed by atoms with Crippen LogP contribution in [0.4, 0.5) is 11.5 Å². The van der Waals surface area contributed by atoms with Crippen LogP contribution in [-0.2, 0) is 11.3 Å². The van der Waals surface area contributed by atoms with E-state index in [1.165, 1.54) is 13.4 Å². The fraction of sp³-hybridized carbons (Fsp3) is 0.148. The quantitative estimate of drug-likeness (QED) is 0.317. The molecule has 3 aromatic heterocycles. The van der Waals surface area contributed by atoms with Gasteiger partial charge < -0.3 is 14.8 Å². The summed E-state index contributed by atoms with van der Waals surface area (Å²) in [6, 6.07) is 16.9. The average Bonchev–Trinajstić information content (AvgIpc) is 3.30. The summed E-state index contributed by atoms with van der Waals surface area (Å²) in [7, 11) is 1.37. The van der Waals surface area contributed by atoms with Crippen LogP contribution in [0.2, 0.25) is 0 Å². The monoisotopic (exact) mass is 480 g/mol. The van der Waals surface area contributed by atoms with E-state index in [-0.39, 0.29) is 5.97 Å². The van der Waals surface area contributed by atoms with Crippen molar-refractivity contribution in [1.29, 1.82) is 0 Å². The van der Waals surface area contributed by atoms with Crippen LogP contribution in [0.15, 0.2) is 73.3 Å². The van der Waals surface area contributed by atoms with Crippen molar-refractivity contribution in [1.82, 2.24) is 24.7 Å². The van der Waals surface area contributed by atoms with Crippen LogP contribution >= 0.6 is 0 Å². The van der Waals surface area contributed by atoms with Gasteiger partial charge in [0.25, 0.3) is 0 Å². The summed E-state index contributed by atoms with van der Waals surface area (Å²) in [6.45, 7) is 4.30. The van der Waals surface area contributed by atoms with E-state index >= 15 is 0 Å². The number of nitrogens with zero attached hydrogens (tertiary/aromatic N) is 5. The molecule has 5 aromatic rings. The number of nitrogens with one attached hydrogen (secondary N) is 1. The predicted molar refractivity (Wildman–Crippen MR) is 136 cm³/mol. The lowest BCUT2D eigenvalue weighted by Gasteiger charge is -2.11. The molecule has 180 valence electrons. The Morgan fingerprint density at radius 2 is 1.89 bits per heavy atom. The fourth-order valence-corrected chi connectivity index (χ4v) is 3.82. The summed E-state index contributed by atoms with van der Waals surface area (Å²) in [5, 5.41) is 8.01. The Morgan fingerprint density at radius 1 is 1.03 bits per heavy atom. The Balaban J connectivity index is 1.37. The van der Waals surface area contributed by atoms with Crippen molar-refractivity contribution in [2.45, 2.75) is 20.4 Å². The number of ether oxygens (including phenoxy) is 2. The third kappa shape index (κ3) is 4.85. The first-order chi connectivity index (χ1) is 17.5. The van der Waals surface area contributed by atoms with E-state index in [0.29, 0.717) is 34.7 Å². The molecule has 0 saturated carbocycles. The second kappa shape index (κ2) is 9.83. The zero-order valence-corrected chi connectivity index (χ0v) is 20.1. The highest BCUT2D eigenvalue weighted by molar-refractivity contribution is 5.91. The molecule has 1 N–H and O–H groups in total. The van der Waals surface area contributed by atoms with Gasteiger partial charge in [-0.05, 0) is 61.4 Å². The summed E-state index contributed by atoms with van der Waals surface area (Å²) in [5.41, 5.74) is 5.34. The maximum absolute atomic E-state index is 12.1. The fourth-order valence-electron chi connectivity index (χ4n) is 3.82. The number of aromatic nitrogens is 5. The normalized spacial score (nSPS) is 10.9. The van der Waals surface area contributed by atoms with Crippen molar-refractivity contribution >= 4 is 28.5 Å². The van der Waals surface area contributed by atoms with Crippen LogP contribution in [0.5, 0.6) is 11.5 Å². The first-order valence-corrected chi connectivity index (χ1v) is 11.3. The molecule has 0 aliphatic rings. The molecule has 0 fully saturated rings. The number of aryl methyl sites for hydroxylation is 2. The second-order valence-electron chi connectivity index (χ2n) is 8.27. The lowest BCUT2D eigenvalue weighted by Crippen LogP contribution is -2.09. The first-order valence-electron chi connectivity index (χ1n) is 11.3. The summed E-state index contributed by atoms with van der Waals surface area (Å²) in [5.74, 6) is 1.62. The van der Waals surface area contributed by atoms with E-state index in [1.807, 2.05) is 62.5 Å². The van der Waals surface area contributed by atoms with E-state index in [1.54, 1.807) is 23.0 Å². The molecule has 2 aromatic carbocycles. The van der Waals surface area contributed by atoms with Crippen molar-refractivity contribution in [3.8, 4) is 11.5 Å². The minimum Gasteiger partial charge on any atom is -0.465 e. The van der Waals surface area contributed by atoms with Crippen molar-refractivity contribution in [3.63, 3.8) is 0 Å². The van der Waals surface area contributed by atoms with Gasteiger partial charge in [-0.3, -0.25) is 9.67 Å². The Morgan fingerprint density at radius 3 is 2.67 bits per heavy atom. The van der Waals surface area contributed by atoms with Crippen LogP contribution in [0.25, 0.3) is 11.0 Å². The van der Waals surface area contributed by atoms with Crippen LogP contribution in [0.3, 0.4) is 0 Å². The maximum Gasteiger partial charge on any atom is 0.338 e. The summed E-state index contributed by atoms with van der Waals surface area (Å²) >= 11 is 0. The first kappa shape index (κ1) is 23.0. The second-order valence-corrected chi connectivity index (χ2v) is 8.27. The molecule has 9 heteroatoms. The van der Waals surface area contributed by atoms with Crippen molar-refractivity contribution in [3.05, 3.63) is 95.7 Å². The Bertz CT molecular complexity index is 1550. The van der Waals surface area contributed by atoms with E-state index in [9.17, 15) is 4.79 Å². The molecule has 0 unspecified atom stereocenters. The van der Waals surface area contributed by atoms with E-state index in [0.717, 1.165) is 28.3 Å². The highest BCUT2D eigenvalue weighted by Crippen LogP contribution is 2.29. The number of carbonyl (C=O) groups excluding carboxylic acids is 1. The van der Waals surface area contributed by atoms with Gasteiger partial charge in [-0.15, -0.1) is 0 Å². The molecule has 0 spiro atoms. The van der Waals surface area contributed by atoms with Gasteiger partial charge >= 0.3 is 5.97 Å². The molecule has 9 nitrogen and oxygen atoms in total. The highest BCUT2D eigenvalue weighted by atomic mass is 16.5. The smallest absolute Gasteiger partial charge is 0.338 e. The van der Waals surface area contributed by atoms with Gasteiger partial charge in [-0.2, -0.15) is 5.10 Å². The Labute approximate surface area is 207 Å². The standard InChI is InChI=1S/C27H24N6O3/c1-17-12-20(9-11-24(17)36-21-10-8-18(2)28-13-21)31-26-25-23(29-16-30-26)15-33(32-25)14-19-6-4-5-7-22(19)27(34)35-3/h4-13,15-16H,14H2,1-3H3,(H,29,30,31). The molecule has 3 heterocycles. The number of carbonyl (C=O) groups is 1. The number of methoxy groups -OCH3 is 1. The minimum absolute atomic E-state index is 0.383. The molecule has 0 atom stereocenters. The number of benzene rings is 2. The van der Waals surface area contributed by atoms with E-state index < -0.39 is 0 Å². The van der Waals surface area contributed by atoms with Gasteiger partial charge in [-0.1, -0.05) is 18.2 Å². The van der Waals surface area contributed by atoms with Gasteiger partial charge in [0.15, 0.2) is 11.3 Å². The molecular formula is C27H24N6O3. The zero-order valence-electron chi connectivity index (χ0n) is 20.1. The van der Waals surface area contributed by atoms with E-state index in [2.05, 4.69) is 25.4 Å². The van der Waals surface area contributed by atoms with Gasteiger partial charge in [0.1, 0.15) is 23.3 Å². The molecule has 36 heavy (non-hydrogen) atoms. The lowest BCUT2D eigenvalue weighted by atomic mass is 10.1. The molecular weight excluding hydrogens is 456 g/mol. The van der Waals surface area contributed by atoms with E-state index in [4.69, 9.17) is 9.47 Å². The molecule has 5 rings (SSSR count). The number of rotatable bonds is 7. The average molecular weight is 481 g/mol. The number of fused-ring (bicyclic) bond motifs is 1. The summed E-state index contributed by atoms with van der Waals surface area (Å²) in [4.78, 5) is 25.1. The highest BCUT2D eigenvalue weighted by Gasteiger charge is 2.14. The van der Waals surface area contributed by atoms with Crippen molar-refractivity contribution < 1.29 is 14.3 Å². The van der Waals surface area contributed by atoms with Crippen LogP contribution in [0, 0.1) is 13.8 Å². The predicted octanol–water partition coefficient (Wildman–Crippen LogP) is 5.21. The third-order valence-corrected chi connectivity index (χ3v) is 5.66. The SMILES string of the molecule is COC(=O)c1ccccc1Cn1cc2ncnc(Nc3ccc(Oc4ccc(C)nc4)c(C)c3)c2n1. The number of hydrogen-bond donors (Lipinski definition) is 1. The van der Waals surface area contributed by atoms with Crippen LogP contribution in [-0.4, -0.2) is 37.8 Å². The van der Waals surface area contributed by atoms with Gasteiger partial charge in [0, 0.05) is 11.4 Å². The van der Waals surface area contributed by atoms with Gasteiger partial charge in [0.2, 0.25) is 0 Å². The third-order valence-electron chi connectivity index (χ3n) is 5.66. The summed E-state index contributed by atoms with van der Waals surface area (Å²) in [6.07, 6.45) is 5.03. The Kier molecular flexibility index (Phi) is 6.27. The van der Waals surface area contributed by atoms with Crippen molar-refractivity contribution in [2.24, 2.45) is 0 Å². The molecule has 0 aliphatic carbocycles. The Hall–Kier alpha value is -4.79. The largest absolute Gasteiger partial charge is 0.465 e. The molecule has 0 aliphatic heterocycles. The zero-order chi connectivity index (χ0) is 25.1. The van der Waals surface area contributed by atoms with Gasteiger partial charge in [0.05, 0.1) is 31.6 Å². The number of hydrogen-bond acceptors (Lipinski definition) is 8. The van der Waals surface area contributed by atoms with Crippen LogP contribution in [0.1, 0.15) is 27.2 Å². The lowest BCUT2D eigenvalue weighted by molar-refractivity contribution is 0.0599. The number of anilines is 2. The molecule has 0 radical (unpaired) electrons. The molecule has 0 saturated heterocycles. The molecule has 0 bridgehead atoms. The topological polar surface area (TPSA) is 104 Å². The molecule has 0 amide bonds. The minimum atomic E-state index is -0.383. The summed E-state index contributed by atoms with van der Waals surface area (Å²) < 4.78 is 12.6. The maximum atomic E-state index is 12.1. The number of esters is 1. The number of pyridine rings is 1.